The molecule has 1 aromatic carbocycles. The van der Waals surface area contributed by atoms with Crippen LogP contribution in [-0.4, -0.2) is 30.1 Å². The van der Waals surface area contributed by atoms with Crippen molar-refractivity contribution in [2.24, 2.45) is 5.41 Å². The number of rotatable bonds is 3. The van der Waals surface area contributed by atoms with Crippen LogP contribution in [0.1, 0.15) is 23.7 Å². The fourth-order valence-electron chi connectivity index (χ4n) is 2.04. The van der Waals surface area contributed by atoms with Gasteiger partial charge in [-0.3, -0.25) is 4.79 Å². The third-order valence-corrected chi connectivity index (χ3v) is 3.71. The predicted octanol–water partition coefficient (Wildman–Crippen LogP) is 1.98. The van der Waals surface area contributed by atoms with E-state index in [9.17, 15) is 9.59 Å². The van der Waals surface area contributed by atoms with E-state index in [1.165, 1.54) is 18.2 Å². The maximum Gasteiger partial charge on any atom is 0.335 e. The molecule has 5 nitrogen and oxygen atoms in total. The summed E-state index contributed by atoms with van der Waals surface area (Å²) >= 11 is 5.97. The molecule has 0 aliphatic carbocycles. The third kappa shape index (κ3) is 2.88. The van der Waals surface area contributed by atoms with Gasteiger partial charge in [0, 0.05) is 6.54 Å². The number of aromatic carboxylic acids is 1. The first-order valence-electron chi connectivity index (χ1n) is 5.97. The van der Waals surface area contributed by atoms with Gasteiger partial charge in [0.25, 0.3) is 0 Å². The lowest BCUT2D eigenvalue weighted by Gasteiger charge is -2.22. The van der Waals surface area contributed by atoms with Crippen molar-refractivity contribution < 1.29 is 14.7 Å². The van der Waals surface area contributed by atoms with Gasteiger partial charge in [0.05, 0.1) is 21.7 Å². The van der Waals surface area contributed by atoms with Crippen LogP contribution in [0.25, 0.3) is 0 Å². The zero-order chi connectivity index (χ0) is 14.0. The molecule has 0 bridgehead atoms. The number of carboxylic acids is 1. The summed E-state index contributed by atoms with van der Waals surface area (Å²) in [4.78, 5) is 23.1. The molecule has 1 saturated heterocycles. The maximum atomic E-state index is 12.2. The first-order valence-corrected chi connectivity index (χ1v) is 6.35. The number of anilines is 1. The molecule has 0 spiro atoms. The lowest BCUT2D eigenvalue weighted by molar-refractivity contribution is -0.123. The fraction of sp³-hybridized carbons (Fsp3) is 0.385. The number of carbonyl (C=O) groups excluding carboxylic acids is 1. The van der Waals surface area contributed by atoms with E-state index in [1.54, 1.807) is 0 Å². The van der Waals surface area contributed by atoms with E-state index < -0.39 is 11.4 Å². The quantitative estimate of drug-likeness (QED) is 0.792. The Hall–Kier alpha value is -1.59. The molecular weight excluding hydrogens is 268 g/mol. The van der Waals surface area contributed by atoms with Crippen LogP contribution in [0.3, 0.4) is 0 Å². The van der Waals surface area contributed by atoms with E-state index >= 15 is 0 Å². The van der Waals surface area contributed by atoms with Crippen LogP contribution in [-0.2, 0) is 4.79 Å². The molecular formula is C13H15ClN2O3. The first kappa shape index (κ1) is 13.8. The van der Waals surface area contributed by atoms with Crippen LogP contribution in [0, 0.1) is 5.41 Å². The minimum absolute atomic E-state index is 0.0920. The lowest BCUT2D eigenvalue weighted by Crippen LogP contribution is -2.35. The number of amides is 1. The monoisotopic (exact) mass is 282 g/mol. The number of nitrogens with one attached hydrogen (secondary N) is 2. The molecule has 102 valence electrons. The molecule has 1 fully saturated rings. The minimum atomic E-state index is -1.05. The molecule has 1 heterocycles. The summed E-state index contributed by atoms with van der Waals surface area (Å²) in [6.45, 7) is 3.28. The van der Waals surface area contributed by atoms with Gasteiger partial charge in [0.2, 0.25) is 5.91 Å². The van der Waals surface area contributed by atoms with Crippen molar-refractivity contribution in [3.63, 3.8) is 0 Å². The van der Waals surface area contributed by atoms with Crippen molar-refractivity contribution in [1.82, 2.24) is 5.32 Å². The normalized spacial score (nSPS) is 22.2. The molecule has 0 radical (unpaired) electrons. The van der Waals surface area contributed by atoms with Gasteiger partial charge < -0.3 is 15.7 Å². The lowest BCUT2D eigenvalue weighted by atomic mass is 9.88. The Morgan fingerprint density at radius 3 is 2.79 bits per heavy atom. The molecule has 19 heavy (non-hydrogen) atoms. The summed E-state index contributed by atoms with van der Waals surface area (Å²) in [5.74, 6) is -1.21. The van der Waals surface area contributed by atoms with Gasteiger partial charge in [-0.15, -0.1) is 0 Å². The van der Waals surface area contributed by atoms with E-state index in [-0.39, 0.29) is 11.5 Å². The topological polar surface area (TPSA) is 78.4 Å². The third-order valence-electron chi connectivity index (χ3n) is 3.38. The van der Waals surface area contributed by atoms with Crippen molar-refractivity contribution in [3.8, 4) is 0 Å². The number of hydrogen-bond acceptors (Lipinski definition) is 3. The summed E-state index contributed by atoms with van der Waals surface area (Å²) in [6, 6.07) is 4.24. The Kier molecular flexibility index (Phi) is 3.78. The van der Waals surface area contributed by atoms with E-state index in [0.29, 0.717) is 17.3 Å². The van der Waals surface area contributed by atoms with Gasteiger partial charge in [-0.1, -0.05) is 11.6 Å². The van der Waals surface area contributed by atoms with Crippen molar-refractivity contribution in [2.75, 3.05) is 18.4 Å². The number of hydrogen-bond donors (Lipinski definition) is 3. The zero-order valence-electron chi connectivity index (χ0n) is 10.5. The Morgan fingerprint density at radius 2 is 2.21 bits per heavy atom. The van der Waals surface area contributed by atoms with Crippen molar-refractivity contribution >= 4 is 29.2 Å². The molecule has 1 amide bonds. The highest BCUT2D eigenvalue weighted by Crippen LogP contribution is 2.29. The van der Waals surface area contributed by atoms with Gasteiger partial charge in [-0.25, -0.2) is 4.79 Å². The van der Waals surface area contributed by atoms with E-state index in [1.807, 2.05) is 6.92 Å². The van der Waals surface area contributed by atoms with Crippen LogP contribution >= 0.6 is 11.6 Å². The van der Waals surface area contributed by atoms with Crippen LogP contribution in [0.15, 0.2) is 18.2 Å². The highest BCUT2D eigenvalue weighted by Gasteiger charge is 2.36. The highest BCUT2D eigenvalue weighted by molar-refractivity contribution is 6.34. The van der Waals surface area contributed by atoms with Crippen LogP contribution in [0.2, 0.25) is 5.02 Å². The first-order chi connectivity index (χ1) is 8.92. The van der Waals surface area contributed by atoms with E-state index in [2.05, 4.69) is 10.6 Å². The Balaban J connectivity index is 2.20. The minimum Gasteiger partial charge on any atom is -0.478 e. The van der Waals surface area contributed by atoms with Crippen LogP contribution < -0.4 is 10.6 Å². The number of carbonyl (C=O) groups is 2. The molecule has 6 heteroatoms. The number of benzene rings is 1. The smallest absolute Gasteiger partial charge is 0.335 e. The second-order valence-electron chi connectivity index (χ2n) is 4.94. The summed E-state index contributed by atoms with van der Waals surface area (Å²) in [7, 11) is 0. The van der Waals surface area contributed by atoms with Crippen molar-refractivity contribution in [3.05, 3.63) is 28.8 Å². The second-order valence-corrected chi connectivity index (χ2v) is 5.35. The van der Waals surface area contributed by atoms with E-state index in [4.69, 9.17) is 16.7 Å². The molecule has 2 rings (SSSR count). The number of carboxylic acid groups (broad SMARTS) is 1. The highest BCUT2D eigenvalue weighted by atomic mass is 35.5. The summed E-state index contributed by atoms with van der Waals surface area (Å²) in [5, 5.41) is 15.1. The fourth-order valence-corrected chi connectivity index (χ4v) is 2.20. The molecule has 1 aromatic rings. The summed E-state index contributed by atoms with van der Waals surface area (Å²) < 4.78 is 0. The Morgan fingerprint density at radius 1 is 1.47 bits per heavy atom. The van der Waals surface area contributed by atoms with Crippen LogP contribution in [0.5, 0.6) is 0 Å². The van der Waals surface area contributed by atoms with Gasteiger partial charge >= 0.3 is 5.97 Å². The van der Waals surface area contributed by atoms with Crippen molar-refractivity contribution in [2.45, 2.75) is 13.3 Å². The van der Waals surface area contributed by atoms with Gasteiger partial charge in [-0.05, 0) is 38.1 Å². The molecule has 0 saturated carbocycles. The predicted molar refractivity (Wildman–Crippen MR) is 72.6 cm³/mol. The maximum absolute atomic E-state index is 12.2. The van der Waals surface area contributed by atoms with Crippen molar-refractivity contribution in [1.29, 1.82) is 0 Å². The molecule has 1 atom stereocenters. The molecule has 1 aliphatic heterocycles. The standard InChI is InChI=1S/C13H15ClN2O3/c1-13(4-5-15-7-13)12(19)16-10-6-8(11(17)18)2-3-9(10)14/h2-3,6,15H,4-5,7H2,1H3,(H,16,19)(H,17,18). The van der Waals surface area contributed by atoms with Gasteiger partial charge in [0.1, 0.15) is 0 Å². The molecule has 1 unspecified atom stereocenters. The van der Waals surface area contributed by atoms with Gasteiger partial charge in [0.15, 0.2) is 0 Å². The average Bonchev–Trinajstić information content (AvgIpc) is 2.80. The van der Waals surface area contributed by atoms with E-state index in [0.717, 1.165) is 13.0 Å². The SMILES string of the molecule is CC1(C(=O)Nc2cc(C(=O)O)ccc2Cl)CCNC1. The largest absolute Gasteiger partial charge is 0.478 e. The molecule has 3 N–H and O–H groups in total. The Bertz CT molecular complexity index is 525. The summed E-state index contributed by atoms with van der Waals surface area (Å²) in [5.41, 5.74) is -0.0585. The molecule has 1 aliphatic rings. The van der Waals surface area contributed by atoms with Crippen LogP contribution in [0.4, 0.5) is 5.69 Å². The summed E-state index contributed by atoms with van der Waals surface area (Å²) in [6.07, 6.45) is 0.745. The Labute approximate surface area is 116 Å². The zero-order valence-corrected chi connectivity index (χ0v) is 11.3. The molecule has 0 aromatic heterocycles. The second kappa shape index (κ2) is 5.19. The van der Waals surface area contributed by atoms with Gasteiger partial charge in [-0.2, -0.15) is 0 Å². The average molecular weight is 283 g/mol. The number of halogens is 1.